The molecular weight excluding hydrogens is 249 g/mol. The van der Waals surface area contributed by atoms with Crippen LogP contribution in [-0.2, 0) is 4.79 Å². The molecule has 0 aliphatic heterocycles. The molecule has 0 aliphatic carbocycles. The molecule has 0 saturated heterocycles. The van der Waals surface area contributed by atoms with Gasteiger partial charge in [-0.05, 0) is 12.1 Å². The van der Waals surface area contributed by atoms with Gasteiger partial charge in [-0.25, -0.2) is 14.4 Å². The lowest BCUT2D eigenvalue weighted by Gasteiger charge is -2.09. The Balaban J connectivity index is 2.24. The van der Waals surface area contributed by atoms with Crippen molar-refractivity contribution in [1.29, 1.82) is 0 Å². The Morgan fingerprint density at radius 1 is 1.32 bits per heavy atom. The molecule has 19 heavy (non-hydrogen) atoms. The molecule has 0 spiro atoms. The Kier molecular flexibility index (Phi) is 3.82. The molecule has 6 heteroatoms. The number of hydrogen-bond donors (Lipinski definition) is 2. The molecular formula is C13H12FN3O2. The fraction of sp³-hybridized carbons (Fsp3) is 0.154. The second-order valence-corrected chi connectivity index (χ2v) is 4.02. The first-order valence-corrected chi connectivity index (χ1v) is 5.62. The third-order valence-electron chi connectivity index (χ3n) is 2.61. The van der Waals surface area contributed by atoms with Crippen LogP contribution in [-0.4, -0.2) is 21.0 Å². The molecule has 2 rings (SSSR count). The monoisotopic (exact) mass is 261 g/mol. The van der Waals surface area contributed by atoms with Crippen LogP contribution < -0.4 is 5.73 Å². The number of hydrogen-bond acceptors (Lipinski definition) is 4. The number of carboxylic acid groups (broad SMARTS) is 1. The minimum absolute atomic E-state index is 0.206. The van der Waals surface area contributed by atoms with Crippen LogP contribution in [0.1, 0.15) is 18.0 Å². The molecule has 3 N–H and O–H groups in total. The molecule has 0 radical (unpaired) electrons. The van der Waals surface area contributed by atoms with Gasteiger partial charge in [0, 0.05) is 24.0 Å². The molecule has 1 aromatic carbocycles. The summed E-state index contributed by atoms with van der Waals surface area (Å²) in [6, 6.07) is 5.48. The lowest BCUT2D eigenvalue weighted by atomic mass is 10.1. The van der Waals surface area contributed by atoms with Crippen molar-refractivity contribution in [2.75, 3.05) is 0 Å². The number of halogens is 1. The Labute approximate surface area is 108 Å². The lowest BCUT2D eigenvalue weighted by molar-refractivity contribution is -0.137. The summed E-state index contributed by atoms with van der Waals surface area (Å²) < 4.78 is 13.5. The van der Waals surface area contributed by atoms with E-state index in [1.165, 1.54) is 18.5 Å². The van der Waals surface area contributed by atoms with Crippen LogP contribution in [0.3, 0.4) is 0 Å². The van der Waals surface area contributed by atoms with E-state index < -0.39 is 17.8 Å². The number of rotatable bonds is 4. The van der Waals surface area contributed by atoms with Crippen molar-refractivity contribution >= 4 is 5.97 Å². The van der Waals surface area contributed by atoms with Crippen LogP contribution in [0.15, 0.2) is 36.7 Å². The first kappa shape index (κ1) is 13.1. The number of nitrogens with zero attached hydrogens (tertiary/aromatic N) is 2. The normalized spacial score (nSPS) is 12.1. The highest BCUT2D eigenvalue weighted by Gasteiger charge is 2.13. The fourth-order valence-corrected chi connectivity index (χ4v) is 1.62. The summed E-state index contributed by atoms with van der Waals surface area (Å²) in [6.07, 6.45) is 2.63. The van der Waals surface area contributed by atoms with Crippen molar-refractivity contribution in [1.82, 2.24) is 9.97 Å². The molecule has 1 aromatic heterocycles. The molecule has 0 amide bonds. The summed E-state index contributed by atoms with van der Waals surface area (Å²) in [7, 11) is 0. The van der Waals surface area contributed by atoms with Crippen molar-refractivity contribution in [3.8, 4) is 11.4 Å². The molecule has 0 saturated carbocycles. The van der Waals surface area contributed by atoms with E-state index in [1.54, 1.807) is 18.2 Å². The Bertz CT molecular complexity index is 587. The van der Waals surface area contributed by atoms with E-state index >= 15 is 0 Å². The van der Waals surface area contributed by atoms with Gasteiger partial charge in [-0.15, -0.1) is 0 Å². The second kappa shape index (κ2) is 5.53. The van der Waals surface area contributed by atoms with Crippen molar-refractivity contribution < 1.29 is 14.3 Å². The second-order valence-electron chi connectivity index (χ2n) is 4.02. The van der Waals surface area contributed by atoms with Gasteiger partial charge in [-0.1, -0.05) is 12.1 Å². The van der Waals surface area contributed by atoms with Gasteiger partial charge in [0.05, 0.1) is 12.0 Å². The topological polar surface area (TPSA) is 89.1 Å². The van der Waals surface area contributed by atoms with Crippen molar-refractivity contribution in [2.45, 2.75) is 12.5 Å². The quantitative estimate of drug-likeness (QED) is 0.875. The zero-order chi connectivity index (χ0) is 13.8. The van der Waals surface area contributed by atoms with E-state index in [1.807, 2.05) is 0 Å². The van der Waals surface area contributed by atoms with E-state index in [4.69, 9.17) is 10.8 Å². The standard InChI is InChI=1S/C13H12FN3O2/c14-10-4-2-1-3-9(10)13-16-6-8(7-17-13)11(15)5-12(18)19/h1-4,6-7,11H,5,15H2,(H,18,19)/t11-/m1/s1. The van der Waals surface area contributed by atoms with Gasteiger partial charge < -0.3 is 10.8 Å². The van der Waals surface area contributed by atoms with E-state index in [2.05, 4.69) is 9.97 Å². The maximum absolute atomic E-state index is 13.5. The Hall–Kier alpha value is -2.34. The summed E-state index contributed by atoms with van der Waals surface area (Å²) in [5.41, 5.74) is 6.47. The van der Waals surface area contributed by atoms with Crippen LogP contribution in [0.25, 0.3) is 11.4 Å². The third kappa shape index (κ3) is 3.11. The van der Waals surface area contributed by atoms with Crippen molar-refractivity contribution in [2.24, 2.45) is 5.73 Å². The molecule has 5 nitrogen and oxygen atoms in total. The molecule has 2 aromatic rings. The molecule has 0 fully saturated rings. The van der Waals surface area contributed by atoms with Gasteiger partial charge in [-0.3, -0.25) is 4.79 Å². The maximum atomic E-state index is 13.5. The van der Waals surface area contributed by atoms with Crippen molar-refractivity contribution in [3.05, 3.63) is 48.0 Å². The summed E-state index contributed by atoms with van der Waals surface area (Å²) in [4.78, 5) is 18.6. The zero-order valence-electron chi connectivity index (χ0n) is 9.95. The highest BCUT2D eigenvalue weighted by molar-refractivity contribution is 5.67. The van der Waals surface area contributed by atoms with Gasteiger partial charge >= 0.3 is 5.97 Å². The van der Waals surface area contributed by atoms with Crippen LogP contribution in [0.5, 0.6) is 0 Å². The van der Waals surface area contributed by atoms with Crippen molar-refractivity contribution in [3.63, 3.8) is 0 Å². The number of benzene rings is 1. The summed E-state index contributed by atoms with van der Waals surface area (Å²) >= 11 is 0. The SMILES string of the molecule is N[C@H](CC(=O)O)c1cnc(-c2ccccc2F)nc1. The highest BCUT2D eigenvalue weighted by atomic mass is 19.1. The average Bonchev–Trinajstić information content (AvgIpc) is 2.39. The Morgan fingerprint density at radius 2 is 1.95 bits per heavy atom. The van der Waals surface area contributed by atoms with Crippen LogP contribution in [0, 0.1) is 5.82 Å². The van der Waals surface area contributed by atoms with E-state index in [0.29, 0.717) is 11.1 Å². The fourth-order valence-electron chi connectivity index (χ4n) is 1.62. The van der Waals surface area contributed by atoms with E-state index in [9.17, 15) is 9.18 Å². The number of aliphatic carboxylic acids is 1. The number of aromatic nitrogens is 2. The van der Waals surface area contributed by atoms with Crippen LogP contribution >= 0.6 is 0 Å². The maximum Gasteiger partial charge on any atom is 0.305 e. The molecule has 0 bridgehead atoms. The van der Waals surface area contributed by atoms with Gasteiger partial charge in [-0.2, -0.15) is 0 Å². The zero-order valence-corrected chi connectivity index (χ0v) is 9.95. The number of carbonyl (C=O) groups is 1. The minimum Gasteiger partial charge on any atom is -0.481 e. The predicted molar refractivity (Wildman–Crippen MR) is 66.6 cm³/mol. The molecule has 1 heterocycles. The highest BCUT2D eigenvalue weighted by Crippen LogP contribution is 2.19. The van der Waals surface area contributed by atoms with Gasteiger partial charge in [0.1, 0.15) is 5.82 Å². The summed E-state index contributed by atoms with van der Waals surface area (Å²) in [6.45, 7) is 0. The first-order chi connectivity index (χ1) is 9.08. The van der Waals surface area contributed by atoms with Crippen LogP contribution in [0.4, 0.5) is 4.39 Å². The molecule has 1 atom stereocenters. The molecule has 0 aliphatic rings. The summed E-state index contributed by atoms with van der Waals surface area (Å²) in [5.74, 6) is -1.17. The predicted octanol–water partition coefficient (Wildman–Crippen LogP) is 1.76. The van der Waals surface area contributed by atoms with Gasteiger partial charge in [0.25, 0.3) is 0 Å². The van der Waals surface area contributed by atoms with Gasteiger partial charge in [0.15, 0.2) is 5.82 Å². The first-order valence-electron chi connectivity index (χ1n) is 5.62. The average molecular weight is 261 g/mol. The minimum atomic E-state index is -0.995. The molecule has 0 unspecified atom stereocenters. The summed E-state index contributed by atoms with van der Waals surface area (Å²) in [5, 5.41) is 8.64. The smallest absolute Gasteiger partial charge is 0.305 e. The van der Waals surface area contributed by atoms with Crippen LogP contribution in [0.2, 0.25) is 0 Å². The van der Waals surface area contributed by atoms with E-state index in [-0.39, 0.29) is 12.2 Å². The number of nitrogens with two attached hydrogens (primary N) is 1. The largest absolute Gasteiger partial charge is 0.481 e. The lowest BCUT2D eigenvalue weighted by Crippen LogP contribution is -2.15. The number of carboxylic acids is 1. The Morgan fingerprint density at radius 3 is 2.53 bits per heavy atom. The van der Waals surface area contributed by atoms with E-state index in [0.717, 1.165) is 0 Å². The van der Waals surface area contributed by atoms with Gasteiger partial charge in [0.2, 0.25) is 0 Å². The third-order valence-corrected chi connectivity index (χ3v) is 2.61. The molecule has 98 valence electrons.